The fraction of sp³-hybridized carbons (Fsp3) is 0.280. The van der Waals surface area contributed by atoms with Crippen LogP contribution in [-0.2, 0) is 4.79 Å². The highest BCUT2D eigenvalue weighted by Crippen LogP contribution is 2.41. The van der Waals surface area contributed by atoms with Gasteiger partial charge in [-0.1, -0.05) is 60.7 Å². The van der Waals surface area contributed by atoms with Gasteiger partial charge < -0.3 is 16.0 Å². The lowest BCUT2D eigenvalue weighted by atomic mass is 9.98. The molecule has 0 aliphatic heterocycles. The van der Waals surface area contributed by atoms with E-state index in [0.29, 0.717) is 23.4 Å². The number of nitrogens with zero attached hydrogens (tertiary/aromatic N) is 2. The topological polar surface area (TPSA) is 71.2 Å². The van der Waals surface area contributed by atoms with Crippen molar-refractivity contribution in [2.24, 2.45) is 5.73 Å². The van der Waals surface area contributed by atoms with E-state index in [9.17, 15) is 18.0 Å². The first-order valence-corrected chi connectivity index (χ1v) is 10.6. The van der Waals surface area contributed by atoms with Crippen LogP contribution >= 0.6 is 12.4 Å². The van der Waals surface area contributed by atoms with Crippen LogP contribution in [0.2, 0.25) is 0 Å². The molecule has 3 N–H and O–H groups in total. The smallest absolute Gasteiger partial charge is 0.373 e. The number of rotatable bonds is 7. The van der Waals surface area contributed by atoms with Crippen molar-refractivity contribution < 1.29 is 18.0 Å². The maximum absolute atomic E-state index is 13.9. The number of nitrogens with one attached hydrogen (secondary N) is 1. The summed E-state index contributed by atoms with van der Waals surface area (Å²) in [7, 11) is 1.13. The number of amides is 1. The summed E-state index contributed by atoms with van der Waals surface area (Å²) in [5, 5.41) is 3.36. The van der Waals surface area contributed by atoms with Gasteiger partial charge in [0.15, 0.2) is 6.04 Å². The van der Waals surface area contributed by atoms with E-state index in [0.717, 1.165) is 18.2 Å². The van der Waals surface area contributed by atoms with E-state index < -0.39 is 23.7 Å². The molecule has 0 radical (unpaired) electrons. The Labute approximate surface area is 202 Å². The van der Waals surface area contributed by atoms with Gasteiger partial charge in [-0.05, 0) is 36.1 Å². The second-order valence-corrected chi connectivity index (χ2v) is 8.39. The third-order valence-electron chi connectivity index (χ3n) is 5.88. The summed E-state index contributed by atoms with van der Waals surface area (Å²) >= 11 is 0. The maximum atomic E-state index is 13.9. The van der Waals surface area contributed by atoms with Gasteiger partial charge in [-0.15, -0.1) is 12.4 Å². The lowest BCUT2D eigenvalue weighted by Gasteiger charge is -2.31. The Morgan fingerprint density at radius 3 is 1.94 bits per heavy atom. The van der Waals surface area contributed by atoms with Crippen molar-refractivity contribution >= 4 is 24.0 Å². The number of halogens is 4. The van der Waals surface area contributed by atoms with Crippen LogP contribution < -0.4 is 11.1 Å². The van der Waals surface area contributed by atoms with Crippen LogP contribution in [0.5, 0.6) is 0 Å². The van der Waals surface area contributed by atoms with Crippen molar-refractivity contribution in [2.75, 3.05) is 12.4 Å². The minimum Gasteiger partial charge on any atom is -0.373 e. The van der Waals surface area contributed by atoms with Gasteiger partial charge in [0, 0.05) is 7.05 Å². The molecule has 1 amide bonds. The number of aromatic nitrogens is 1. The van der Waals surface area contributed by atoms with Crippen molar-refractivity contribution in [2.45, 2.75) is 36.6 Å². The number of benzene rings is 2. The van der Waals surface area contributed by atoms with Crippen LogP contribution in [0.25, 0.3) is 0 Å². The predicted octanol–water partition coefficient (Wildman–Crippen LogP) is 5.26. The molecule has 1 aliphatic carbocycles. The first kappa shape index (κ1) is 25.5. The Hall–Kier alpha value is -3.10. The highest BCUT2D eigenvalue weighted by Gasteiger charge is 2.53. The Morgan fingerprint density at radius 1 is 1.00 bits per heavy atom. The highest BCUT2D eigenvalue weighted by atomic mass is 35.5. The molecule has 4 rings (SSSR count). The summed E-state index contributed by atoms with van der Waals surface area (Å²) in [5.41, 5.74) is 6.96. The normalized spacial score (nSPS) is 15.2. The summed E-state index contributed by atoms with van der Waals surface area (Å²) in [4.78, 5) is 17.2. The second-order valence-electron chi connectivity index (χ2n) is 8.39. The molecule has 1 heterocycles. The van der Waals surface area contributed by atoms with Gasteiger partial charge in [-0.3, -0.25) is 9.78 Å². The van der Waals surface area contributed by atoms with Crippen molar-refractivity contribution in [1.29, 1.82) is 0 Å². The maximum Gasteiger partial charge on any atom is 0.414 e. The zero-order chi connectivity index (χ0) is 23.6. The Kier molecular flexibility index (Phi) is 7.53. The van der Waals surface area contributed by atoms with E-state index in [-0.39, 0.29) is 24.1 Å². The average Bonchev–Trinajstić information content (AvgIpc) is 3.56. The number of hydrogen-bond acceptors (Lipinski definition) is 4. The number of carbonyl (C=O) groups is 1. The van der Waals surface area contributed by atoms with Crippen LogP contribution in [0.15, 0.2) is 79.0 Å². The molecular weight excluding hydrogens is 465 g/mol. The molecule has 1 atom stereocenters. The van der Waals surface area contributed by atoms with Gasteiger partial charge in [-0.25, -0.2) is 0 Å². The minimum atomic E-state index is -4.69. The first-order valence-electron chi connectivity index (χ1n) is 10.6. The molecule has 1 aromatic heterocycles. The first-order chi connectivity index (χ1) is 15.7. The van der Waals surface area contributed by atoms with Crippen molar-refractivity contribution in [1.82, 2.24) is 9.88 Å². The largest absolute Gasteiger partial charge is 0.414 e. The summed E-state index contributed by atoms with van der Waals surface area (Å²) in [6.45, 7) is 0. The fourth-order valence-electron chi connectivity index (χ4n) is 3.87. The van der Waals surface area contributed by atoms with Crippen molar-refractivity contribution in [3.05, 3.63) is 95.8 Å². The van der Waals surface area contributed by atoms with E-state index in [1.54, 1.807) is 6.07 Å². The third-order valence-corrected chi connectivity index (χ3v) is 5.88. The standard InChI is InChI=1S/C25H25F3N4O.ClH/c1-32(23(33)24(29)14-15-24)22(25(26,27)28)20-13-12-19(16-30-20)31-21(17-8-4-2-5-9-17)18-10-6-3-7-11-18;/h2-13,16,21-22,31H,14-15,29H2,1H3;1H/t22-;/m0./s1. The molecule has 34 heavy (non-hydrogen) atoms. The van der Waals surface area contributed by atoms with Gasteiger partial charge >= 0.3 is 6.18 Å². The third kappa shape index (κ3) is 5.51. The number of alkyl halides is 3. The molecular formula is C25H26ClF3N4O. The van der Waals surface area contributed by atoms with Gasteiger partial charge in [-0.2, -0.15) is 13.2 Å². The molecule has 0 unspecified atom stereocenters. The molecule has 3 aromatic rings. The number of likely N-dealkylation sites (N-methyl/N-ethyl adjacent to an activating group) is 1. The van der Waals surface area contributed by atoms with E-state index in [4.69, 9.17) is 5.73 Å². The van der Waals surface area contributed by atoms with Crippen molar-refractivity contribution in [3.8, 4) is 0 Å². The van der Waals surface area contributed by atoms with Crippen LogP contribution in [0.3, 0.4) is 0 Å². The Morgan fingerprint density at radius 2 is 1.53 bits per heavy atom. The fourth-order valence-corrected chi connectivity index (χ4v) is 3.87. The number of anilines is 1. The minimum absolute atomic E-state index is 0. The van der Waals surface area contributed by atoms with Crippen LogP contribution in [0, 0.1) is 0 Å². The van der Waals surface area contributed by atoms with Crippen molar-refractivity contribution in [3.63, 3.8) is 0 Å². The van der Waals surface area contributed by atoms with Gasteiger partial charge in [0.1, 0.15) is 0 Å². The van der Waals surface area contributed by atoms with Crippen LogP contribution in [0.1, 0.15) is 41.7 Å². The van der Waals surface area contributed by atoms with E-state index in [2.05, 4.69) is 10.3 Å². The van der Waals surface area contributed by atoms with Crippen LogP contribution in [0.4, 0.5) is 18.9 Å². The van der Waals surface area contributed by atoms with E-state index >= 15 is 0 Å². The summed E-state index contributed by atoms with van der Waals surface area (Å²) in [6.07, 6.45) is -2.55. The zero-order valence-corrected chi connectivity index (χ0v) is 19.3. The average molecular weight is 491 g/mol. The van der Waals surface area contributed by atoms with Gasteiger partial charge in [0.2, 0.25) is 5.91 Å². The predicted molar refractivity (Wildman–Crippen MR) is 128 cm³/mol. The summed E-state index contributed by atoms with van der Waals surface area (Å²) in [6, 6.07) is 19.9. The molecule has 1 fully saturated rings. The van der Waals surface area contributed by atoms with Gasteiger partial charge in [0.05, 0.1) is 29.2 Å². The molecule has 2 aromatic carbocycles. The number of nitrogens with two attached hydrogens (primary N) is 1. The zero-order valence-electron chi connectivity index (χ0n) is 18.5. The number of pyridine rings is 1. The molecule has 1 aliphatic rings. The van der Waals surface area contributed by atoms with Gasteiger partial charge in [0.25, 0.3) is 0 Å². The monoisotopic (exact) mass is 490 g/mol. The highest BCUT2D eigenvalue weighted by molar-refractivity contribution is 5.89. The molecule has 0 spiro atoms. The Bertz CT molecular complexity index is 1050. The Balaban J connectivity index is 0.00000324. The summed E-state index contributed by atoms with van der Waals surface area (Å²) < 4.78 is 41.7. The molecule has 5 nitrogen and oxygen atoms in total. The molecule has 0 saturated heterocycles. The molecule has 180 valence electrons. The number of hydrogen-bond donors (Lipinski definition) is 2. The SMILES string of the molecule is CN(C(=O)C1(N)CC1)[C@@H](c1ccc(NC(c2ccccc2)c2ccccc2)cn1)C(F)(F)F.Cl. The molecule has 0 bridgehead atoms. The lowest BCUT2D eigenvalue weighted by molar-refractivity contribution is -0.190. The number of carbonyl (C=O) groups excluding carboxylic acids is 1. The van der Waals surface area contributed by atoms with Crippen LogP contribution in [-0.4, -0.2) is 34.6 Å². The molecule has 1 saturated carbocycles. The quantitative estimate of drug-likeness (QED) is 0.474. The van der Waals surface area contributed by atoms with E-state index in [1.807, 2.05) is 60.7 Å². The molecule has 9 heteroatoms. The summed E-state index contributed by atoms with van der Waals surface area (Å²) in [5.74, 6) is -0.720. The lowest BCUT2D eigenvalue weighted by Crippen LogP contribution is -2.49. The second kappa shape index (κ2) is 10.0. The van der Waals surface area contributed by atoms with E-state index in [1.165, 1.54) is 12.3 Å².